The van der Waals surface area contributed by atoms with Gasteiger partial charge in [-0.1, -0.05) is 0 Å². The van der Waals surface area contributed by atoms with E-state index in [-0.39, 0.29) is 23.4 Å². The average molecular weight is 471 g/mol. The summed E-state index contributed by atoms with van der Waals surface area (Å²) in [6.07, 6.45) is 0.608. The molecule has 0 unspecified atom stereocenters. The lowest BCUT2D eigenvalue weighted by molar-refractivity contribution is -0.140. The molecule has 2 aromatic carbocycles. The summed E-state index contributed by atoms with van der Waals surface area (Å²) in [4.78, 5) is 29.7. The quantitative estimate of drug-likeness (QED) is 0.327. The maximum Gasteiger partial charge on any atom is 0.295 e. The number of ketones is 1. The van der Waals surface area contributed by atoms with E-state index in [9.17, 15) is 19.8 Å². The number of phenolic OH excluding ortho intramolecular Hbond substituents is 1. The van der Waals surface area contributed by atoms with Crippen molar-refractivity contribution in [2.24, 2.45) is 0 Å². The number of hydrogen-bond acceptors (Lipinski definition) is 8. The summed E-state index contributed by atoms with van der Waals surface area (Å²) in [6, 6.07) is 8.42. The van der Waals surface area contributed by atoms with Crippen molar-refractivity contribution in [3.05, 3.63) is 53.1 Å². The summed E-state index contributed by atoms with van der Waals surface area (Å²) in [6.45, 7) is 0.976. The minimum absolute atomic E-state index is 0.0129. The first-order chi connectivity index (χ1) is 16.2. The number of Topliss-reactive ketones (excluding diaryl/α,β-unsaturated/α-hetero) is 1. The molecule has 9 heteroatoms. The Kier molecular flexibility index (Phi) is 7.68. The van der Waals surface area contributed by atoms with Crippen molar-refractivity contribution in [2.75, 3.05) is 48.5 Å². The van der Waals surface area contributed by atoms with Gasteiger partial charge in [-0.25, -0.2) is 0 Å². The lowest BCUT2D eigenvalue weighted by Crippen LogP contribution is -2.32. The van der Waals surface area contributed by atoms with Gasteiger partial charge in [-0.2, -0.15) is 0 Å². The van der Waals surface area contributed by atoms with E-state index in [1.807, 2.05) is 19.0 Å². The van der Waals surface area contributed by atoms with E-state index in [0.717, 1.165) is 0 Å². The number of hydrogen-bond donors (Lipinski definition) is 2. The summed E-state index contributed by atoms with van der Waals surface area (Å²) < 4.78 is 16.0. The van der Waals surface area contributed by atoms with Crippen molar-refractivity contribution in [2.45, 2.75) is 12.5 Å². The van der Waals surface area contributed by atoms with E-state index in [0.29, 0.717) is 35.8 Å². The van der Waals surface area contributed by atoms with Crippen molar-refractivity contribution < 1.29 is 34.0 Å². The fraction of sp³-hybridized carbons (Fsp3) is 0.360. The molecule has 1 aliphatic heterocycles. The number of carbonyl (C=O) groups is 2. The number of ether oxygens (including phenoxy) is 3. The molecule has 0 radical (unpaired) electrons. The molecule has 1 heterocycles. The van der Waals surface area contributed by atoms with Crippen LogP contribution in [-0.4, -0.2) is 80.2 Å². The van der Waals surface area contributed by atoms with Crippen LogP contribution in [0, 0.1) is 0 Å². The topological polar surface area (TPSA) is 109 Å². The first kappa shape index (κ1) is 24.9. The molecule has 0 spiro atoms. The highest BCUT2D eigenvalue weighted by molar-refractivity contribution is 6.46. The van der Waals surface area contributed by atoms with E-state index >= 15 is 0 Å². The molecule has 9 nitrogen and oxygen atoms in total. The van der Waals surface area contributed by atoms with Gasteiger partial charge in [-0.05, 0) is 57.4 Å². The van der Waals surface area contributed by atoms with E-state index in [1.165, 1.54) is 38.4 Å². The summed E-state index contributed by atoms with van der Waals surface area (Å²) in [5.41, 5.74) is 0.362. The Labute approximate surface area is 198 Å². The van der Waals surface area contributed by atoms with Crippen LogP contribution in [0.3, 0.4) is 0 Å². The first-order valence-electron chi connectivity index (χ1n) is 10.8. The van der Waals surface area contributed by atoms with Crippen molar-refractivity contribution in [3.8, 4) is 23.0 Å². The van der Waals surface area contributed by atoms with Crippen molar-refractivity contribution in [1.29, 1.82) is 0 Å². The zero-order valence-electron chi connectivity index (χ0n) is 20.0. The number of nitrogens with zero attached hydrogens (tertiary/aromatic N) is 2. The summed E-state index contributed by atoms with van der Waals surface area (Å²) >= 11 is 0. The average Bonchev–Trinajstić information content (AvgIpc) is 3.07. The van der Waals surface area contributed by atoms with E-state index < -0.39 is 23.5 Å². The van der Waals surface area contributed by atoms with Gasteiger partial charge in [-0.3, -0.25) is 9.59 Å². The van der Waals surface area contributed by atoms with Crippen LogP contribution in [-0.2, 0) is 9.59 Å². The number of likely N-dealkylation sites (tertiary alicyclic amines) is 1. The standard InChI is InChI=1S/C25H30N2O7/c1-26(2)11-6-12-27-22(18-13-15(32-3)8-10-20(18)34-5)21(24(30)25(27)31)23(29)17-9-7-16(33-4)14-19(17)28/h7-10,13-14,22,28-29H,6,11-12H2,1-5H3/t22-/m0/s1. The molecule has 2 aromatic rings. The highest BCUT2D eigenvalue weighted by Crippen LogP contribution is 2.45. The Morgan fingerprint density at radius 2 is 1.65 bits per heavy atom. The number of carbonyl (C=O) groups excluding carboxylic acids is 2. The Balaban J connectivity index is 2.22. The molecule has 1 amide bonds. The molecule has 1 fully saturated rings. The van der Waals surface area contributed by atoms with Crippen LogP contribution in [0.4, 0.5) is 0 Å². The summed E-state index contributed by atoms with van der Waals surface area (Å²) in [5, 5.41) is 21.7. The molecule has 2 N–H and O–H groups in total. The number of aromatic hydroxyl groups is 1. The third kappa shape index (κ3) is 4.79. The molecule has 182 valence electrons. The minimum atomic E-state index is -0.936. The number of benzene rings is 2. The number of phenols is 1. The van der Waals surface area contributed by atoms with E-state index in [2.05, 4.69) is 0 Å². The maximum absolute atomic E-state index is 13.2. The molecule has 0 saturated carbocycles. The Bertz CT molecular complexity index is 1110. The lowest BCUT2D eigenvalue weighted by atomic mass is 9.94. The normalized spacial score (nSPS) is 17.4. The Morgan fingerprint density at radius 3 is 2.24 bits per heavy atom. The maximum atomic E-state index is 13.2. The smallest absolute Gasteiger partial charge is 0.295 e. The van der Waals surface area contributed by atoms with Gasteiger partial charge in [0.05, 0.1) is 38.5 Å². The van der Waals surface area contributed by atoms with Crippen LogP contribution in [0.5, 0.6) is 23.0 Å². The van der Waals surface area contributed by atoms with Crippen molar-refractivity contribution in [3.63, 3.8) is 0 Å². The molecular weight excluding hydrogens is 440 g/mol. The Hall–Kier alpha value is -3.72. The van der Waals surface area contributed by atoms with Gasteiger partial charge < -0.3 is 34.2 Å². The molecule has 1 atom stereocenters. The monoisotopic (exact) mass is 470 g/mol. The predicted molar refractivity (Wildman–Crippen MR) is 126 cm³/mol. The fourth-order valence-electron chi connectivity index (χ4n) is 4.03. The second kappa shape index (κ2) is 10.5. The molecule has 1 aliphatic rings. The third-order valence-electron chi connectivity index (χ3n) is 5.74. The van der Waals surface area contributed by atoms with Crippen LogP contribution in [0.2, 0.25) is 0 Å². The van der Waals surface area contributed by atoms with Crippen LogP contribution < -0.4 is 14.2 Å². The number of aliphatic hydroxyl groups excluding tert-OH is 1. The van der Waals surface area contributed by atoms with Gasteiger partial charge in [0.1, 0.15) is 28.8 Å². The third-order valence-corrected chi connectivity index (χ3v) is 5.74. The predicted octanol–water partition coefficient (Wildman–Crippen LogP) is 2.79. The number of methoxy groups -OCH3 is 3. The second-order valence-corrected chi connectivity index (χ2v) is 8.14. The van der Waals surface area contributed by atoms with Gasteiger partial charge >= 0.3 is 0 Å². The molecule has 0 aromatic heterocycles. The zero-order valence-corrected chi connectivity index (χ0v) is 20.0. The molecule has 34 heavy (non-hydrogen) atoms. The first-order valence-corrected chi connectivity index (χ1v) is 10.8. The molecule has 3 rings (SSSR count). The van der Waals surface area contributed by atoms with Crippen LogP contribution in [0.1, 0.15) is 23.6 Å². The number of amides is 1. The van der Waals surface area contributed by atoms with E-state index in [1.54, 1.807) is 24.3 Å². The molecular formula is C25H30N2O7. The highest BCUT2D eigenvalue weighted by Gasteiger charge is 2.47. The van der Waals surface area contributed by atoms with Gasteiger partial charge in [0, 0.05) is 18.2 Å². The highest BCUT2D eigenvalue weighted by atomic mass is 16.5. The fourth-order valence-corrected chi connectivity index (χ4v) is 4.03. The number of aliphatic hydroxyl groups is 1. The van der Waals surface area contributed by atoms with E-state index in [4.69, 9.17) is 14.2 Å². The lowest BCUT2D eigenvalue weighted by Gasteiger charge is -2.27. The van der Waals surface area contributed by atoms with Crippen LogP contribution in [0.15, 0.2) is 42.0 Å². The van der Waals surface area contributed by atoms with Crippen molar-refractivity contribution in [1.82, 2.24) is 9.80 Å². The van der Waals surface area contributed by atoms with Gasteiger partial charge in [0.25, 0.3) is 11.7 Å². The second-order valence-electron chi connectivity index (χ2n) is 8.14. The molecule has 0 bridgehead atoms. The zero-order chi connectivity index (χ0) is 25.0. The van der Waals surface area contributed by atoms with Crippen LogP contribution >= 0.6 is 0 Å². The summed E-state index contributed by atoms with van der Waals surface area (Å²) in [5.74, 6) is -1.03. The van der Waals surface area contributed by atoms with Crippen LogP contribution in [0.25, 0.3) is 5.76 Å². The SMILES string of the molecule is COc1ccc(C(O)=C2C(=O)C(=O)N(CCCN(C)C)[C@H]2c2cc(OC)ccc2OC)c(O)c1. The van der Waals surface area contributed by atoms with Gasteiger partial charge in [-0.15, -0.1) is 0 Å². The largest absolute Gasteiger partial charge is 0.507 e. The van der Waals surface area contributed by atoms with Crippen molar-refractivity contribution >= 4 is 17.4 Å². The number of rotatable bonds is 9. The molecule has 0 aliphatic carbocycles. The van der Waals surface area contributed by atoms with Gasteiger partial charge in [0.2, 0.25) is 0 Å². The minimum Gasteiger partial charge on any atom is -0.507 e. The van der Waals surface area contributed by atoms with Gasteiger partial charge in [0.15, 0.2) is 0 Å². The summed E-state index contributed by atoms with van der Waals surface area (Å²) in [7, 11) is 8.28. The Morgan fingerprint density at radius 1 is 1.00 bits per heavy atom. The molecule has 1 saturated heterocycles.